The summed E-state index contributed by atoms with van der Waals surface area (Å²) in [6.07, 6.45) is 1.74. The van der Waals surface area contributed by atoms with Crippen LogP contribution in [0.4, 0.5) is 0 Å². The first-order valence-corrected chi connectivity index (χ1v) is 10.6. The zero-order chi connectivity index (χ0) is 20.8. The van der Waals surface area contributed by atoms with Gasteiger partial charge >= 0.3 is 17.5 Å². The second-order valence-corrected chi connectivity index (χ2v) is 9.00. The van der Waals surface area contributed by atoms with E-state index in [9.17, 15) is 27.6 Å². The van der Waals surface area contributed by atoms with Crippen LogP contribution in [0.25, 0.3) is 10.9 Å². The Morgan fingerprint density at radius 3 is 2.38 bits per heavy atom. The standard InChI is InChI=1S/C17H19N5O6S/c23-14-12-9-11(3-4-13(12)19-17(26)20-14)29(27,28)22-7-5-21(6-8-22)16(25)15(24)18-10-1-2-10/h3-4,9-10H,1-2,5-8H2,(H,18,24)(H2,19,20,23,26). The highest BCUT2D eigenvalue weighted by Crippen LogP contribution is 2.21. The van der Waals surface area contributed by atoms with Gasteiger partial charge in [-0.05, 0) is 31.0 Å². The van der Waals surface area contributed by atoms with Crippen molar-refractivity contribution in [2.45, 2.75) is 23.8 Å². The minimum absolute atomic E-state index is 0.0325. The van der Waals surface area contributed by atoms with Gasteiger partial charge in [0.2, 0.25) is 10.0 Å². The van der Waals surface area contributed by atoms with Crippen molar-refractivity contribution in [3.8, 4) is 0 Å². The first-order chi connectivity index (χ1) is 13.8. The molecule has 1 saturated heterocycles. The molecule has 2 aromatic rings. The number of benzene rings is 1. The quantitative estimate of drug-likeness (QED) is 0.504. The molecule has 1 aromatic heterocycles. The van der Waals surface area contributed by atoms with Crippen molar-refractivity contribution in [2.75, 3.05) is 26.2 Å². The van der Waals surface area contributed by atoms with Crippen LogP contribution in [0.15, 0.2) is 32.7 Å². The Kier molecular flexibility index (Phi) is 4.74. The average Bonchev–Trinajstić information content (AvgIpc) is 3.51. The Morgan fingerprint density at radius 2 is 1.72 bits per heavy atom. The number of nitrogens with one attached hydrogen (secondary N) is 3. The molecule has 0 bridgehead atoms. The highest BCUT2D eigenvalue weighted by Gasteiger charge is 2.34. The summed E-state index contributed by atoms with van der Waals surface area (Å²) in [4.78, 5) is 53.1. The first kappa shape index (κ1) is 19.3. The lowest BCUT2D eigenvalue weighted by molar-refractivity contribution is -0.146. The van der Waals surface area contributed by atoms with Crippen molar-refractivity contribution in [2.24, 2.45) is 0 Å². The summed E-state index contributed by atoms with van der Waals surface area (Å²) in [6.45, 7) is 0.255. The summed E-state index contributed by atoms with van der Waals surface area (Å²) in [5.74, 6) is -1.32. The molecule has 29 heavy (non-hydrogen) atoms. The van der Waals surface area contributed by atoms with E-state index in [0.717, 1.165) is 12.8 Å². The number of carbonyl (C=O) groups is 2. The van der Waals surface area contributed by atoms with Gasteiger partial charge in [0.25, 0.3) is 5.56 Å². The predicted octanol–water partition coefficient (Wildman–Crippen LogP) is -1.67. The van der Waals surface area contributed by atoms with Gasteiger partial charge in [-0.1, -0.05) is 0 Å². The molecule has 2 heterocycles. The minimum atomic E-state index is -3.91. The van der Waals surface area contributed by atoms with E-state index >= 15 is 0 Å². The van der Waals surface area contributed by atoms with Crippen molar-refractivity contribution in [3.63, 3.8) is 0 Å². The summed E-state index contributed by atoms with van der Waals surface area (Å²) in [6, 6.07) is 3.95. The SMILES string of the molecule is O=C(NC1CC1)C(=O)N1CCN(S(=O)(=O)c2ccc3[nH]c(=O)[nH]c(=O)c3c2)CC1. The molecular formula is C17H19N5O6S. The highest BCUT2D eigenvalue weighted by atomic mass is 32.2. The molecule has 154 valence electrons. The fourth-order valence-corrected chi connectivity index (χ4v) is 4.65. The van der Waals surface area contributed by atoms with Gasteiger partial charge in [-0.2, -0.15) is 4.31 Å². The number of H-pyrrole nitrogens is 2. The predicted molar refractivity (Wildman–Crippen MR) is 102 cm³/mol. The lowest BCUT2D eigenvalue weighted by atomic mass is 10.2. The maximum atomic E-state index is 12.9. The number of carbonyl (C=O) groups excluding carboxylic acids is 2. The van der Waals surface area contributed by atoms with Crippen molar-refractivity contribution >= 4 is 32.7 Å². The molecule has 2 amide bonds. The number of aromatic nitrogens is 2. The summed E-state index contributed by atoms with van der Waals surface area (Å²) < 4.78 is 27.1. The summed E-state index contributed by atoms with van der Waals surface area (Å²) in [5.41, 5.74) is -1.13. The molecule has 12 heteroatoms. The smallest absolute Gasteiger partial charge is 0.326 e. The molecule has 1 aliphatic heterocycles. The molecule has 4 rings (SSSR count). The second-order valence-electron chi connectivity index (χ2n) is 7.06. The Bertz CT molecular complexity index is 1200. The molecule has 0 spiro atoms. The summed E-state index contributed by atoms with van der Waals surface area (Å²) in [5, 5.41) is 2.68. The second kappa shape index (κ2) is 7.12. The van der Waals surface area contributed by atoms with Crippen molar-refractivity contribution in [1.29, 1.82) is 0 Å². The van der Waals surface area contributed by atoms with E-state index in [4.69, 9.17) is 0 Å². The molecular weight excluding hydrogens is 402 g/mol. The topological polar surface area (TPSA) is 153 Å². The largest absolute Gasteiger partial charge is 0.345 e. The molecule has 0 unspecified atom stereocenters. The molecule has 0 radical (unpaired) electrons. The van der Waals surface area contributed by atoms with Gasteiger partial charge in [0.15, 0.2) is 0 Å². The molecule has 1 aliphatic carbocycles. The van der Waals surface area contributed by atoms with Crippen LogP contribution < -0.4 is 16.6 Å². The van der Waals surface area contributed by atoms with Crippen molar-refractivity contribution in [3.05, 3.63) is 39.0 Å². The number of hydrogen-bond acceptors (Lipinski definition) is 6. The Balaban J connectivity index is 1.49. The van der Waals surface area contributed by atoms with E-state index in [1.54, 1.807) is 0 Å². The van der Waals surface area contributed by atoms with Crippen molar-refractivity contribution < 1.29 is 18.0 Å². The molecule has 2 fully saturated rings. The van der Waals surface area contributed by atoms with Gasteiger partial charge in [-0.25, -0.2) is 13.2 Å². The highest BCUT2D eigenvalue weighted by molar-refractivity contribution is 7.89. The minimum Gasteiger partial charge on any atom is -0.345 e. The third kappa shape index (κ3) is 3.80. The molecule has 11 nitrogen and oxygen atoms in total. The first-order valence-electron chi connectivity index (χ1n) is 9.12. The number of fused-ring (bicyclic) bond motifs is 1. The van der Waals surface area contributed by atoms with Crippen molar-refractivity contribution in [1.82, 2.24) is 24.5 Å². The molecule has 0 atom stereocenters. The van der Waals surface area contributed by atoms with Gasteiger partial charge in [-0.15, -0.1) is 0 Å². The maximum Gasteiger partial charge on any atom is 0.326 e. The Labute approximate surface area is 164 Å². The number of sulfonamides is 1. The van der Waals surface area contributed by atoms with E-state index < -0.39 is 33.1 Å². The number of aromatic amines is 2. The average molecular weight is 421 g/mol. The van der Waals surface area contributed by atoms with Crippen LogP contribution in [-0.4, -0.2) is 71.6 Å². The number of amides is 2. The zero-order valence-corrected chi connectivity index (χ0v) is 16.1. The van der Waals surface area contributed by atoms with Gasteiger partial charge in [-0.3, -0.25) is 19.4 Å². The third-order valence-electron chi connectivity index (χ3n) is 4.98. The third-order valence-corrected chi connectivity index (χ3v) is 6.88. The van der Waals surface area contributed by atoms with Crippen LogP contribution >= 0.6 is 0 Å². The van der Waals surface area contributed by atoms with Crippen LogP contribution in [0.2, 0.25) is 0 Å². The van der Waals surface area contributed by atoms with Gasteiger partial charge in [0.1, 0.15) is 0 Å². The fourth-order valence-electron chi connectivity index (χ4n) is 3.20. The van der Waals surface area contributed by atoms with E-state index in [1.807, 2.05) is 0 Å². The van der Waals surface area contributed by atoms with Gasteiger partial charge in [0.05, 0.1) is 15.8 Å². The number of piperazine rings is 1. The van der Waals surface area contributed by atoms with Crippen LogP contribution in [0.3, 0.4) is 0 Å². The molecule has 3 N–H and O–H groups in total. The van der Waals surface area contributed by atoms with Crippen LogP contribution in [0, 0.1) is 0 Å². The lowest BCUT2D eigenvalue weighted by Crippen LogP contribution is -2.53. The molecule has 1 saturated carbocycles. The summed E-state index contributed by atoms with van der Waals surface area (Å²) >= 11 is 0. The van der Waals surface area contributed by atoms with Crippen LogP contribution in [0.1, 0.15) is 12.8 Å². The van der Waals surface area contributed by atoms with E-state index in [0.29, 0.717) is 0 Å². The number of nitrogens with zero attached hydrogens (tertiary/aromatic N) is 2. The number of rotatable bonds is 3. The Morgan fingerprint density at radius 1 is 1.03 bits per heavy atom. The van der Waals surface area contributed by atoms with Crippen LogP contribution in [0.5, 0.6) is 0 Å². The van der Waals surface area contributed by atoms with Gasteiger partial charge in [0, 0.05) is 32.2 Å². The fraction of sp³-hybridized carbons (Fsp3) is 0.412. The Hall–Kier alpha value is -2.99. The monoisotopic (exact) mass is 421 g/mol. The number of hydrogen-bond donors (Lipinski definition) is 3. The summed E-state index contributed by atoms with van der Waals surface area (Å²) in [7, 11) is -3.91. The van der Waals surface area contributed by atoms with E-state index in [2.05, 4.69) is 15.3 Å². The van der Waals surface area contributed by atoms with Gasteiger partial charge < -0.3 is 15.2 Å². The van der Waals surface area contributed by atoms with E-state index in [1.165, 1.54) is 27.4 Å². The van der Waals surface area contributed by atoms with E-state index in [-0.39, 0.29) is 48.0 Å². The molecule has 1 aromatic carbocycles. The normalized spacial score (nSPS) is 18.0. The lowest BCUT2D eigenvalue weighted by Gasteiger charge is -2.33. The van der Waals surface area contributed by atoms with Crippen LogP contribution in [-0.2, 0) is 19.6 Å². The maximum absolute atomic E-state index is 12.9. The molecule has 2 aliphatic rings. The zero-order valence-electron chi connectivity index (χ0n) is 15.3.